The molecule has 26 heavy (non-hydrogen) atoms. The van der Waals surface area contributed by atoms with Gasteiger partial charge in [-0.05, 0) is 35.4 Å². The molecule has 2 heteroatoms. The van der Waals surface area contributed by atoms with Gasteiger partial charge in [-0.3, -0.25) is 0 Å². The molecule has 0 saturated carbocycles. The van der Waals surface area contributed by atoms with Gasteiger partial charge in [0.15, 0.2) is 0 Å². The zero-order valence-corrected chi connectivity index (χ0v) is 14.0. The van der Waals surface area contributed by atoms with Crippen molar-refractivity contribution in [1.29, 1.82) is 0 Å². The average molecular weight is 333 g/mol. The Kier molecular flexibility index (Phi) is 2.64. The van der Waals surface area contributed by atoms with Crippen LogP contribution < -0.4 is 0 Å². The highest BCUT2D eigenvalue weighted by molar-refractivity contribution is 6.20. The smallest absolute Gasteiger partial charge is 0.136 e. The lowest BCUT2D eigenvalue weighted by Gasteiger charge is -2.06. The predicted molar refractivity (Wildman–Crippen MR) is 109 cm³/mol. The molecule has 0 spiro atoms. The number of aromatic amines is 1. The molecule has 1 N–H and O–H groups in total. The second kappa shape index (κ2) is 4.99. The van der Waals surface area contributed by atoms with Crippen molar-refractivity contribution in [3.63, 3.8) is 0 Å². The normalized spacial score (nSPS) is 11.8. The molecule has 6 rings (SSSR count). The van der Waals surface area contributed by atoms with E-state index >= 15 is 0 Å². The number of benzene rings is 4. The Hall–Kier alpha value is -3.52. The molecule has 0 aliphatic carbocycles. The van der Waals surface area contributed by atoms with Gasteiger partial charge in [0.25, 0.3) is 0 Å². The molecule has 6 aromatic rings. The van der Waals surface area contributed by atoms with Crippen LogP contribution in [0.2, 0.25) is 0 Å². The van der Waals surface area contributed by atoms with Crippen LogP contribution in [0.4, 0.5) is 0 Å². The molecule has 0 amide bonds. The van der Waals surface area contributed by atoms with E-state index in [-0.39, 0.29) is 0 Å². The first kappa shape index (κ1) is 13.7. The van der Waals surface area contributed by atoms with E-state index in [1.165, 1.54) is 32.8 Å². The lowest BCUT2D eigenvalue weighted by Crippen LogP contribution is -1.81. The van der Waals surface area contributed by atoms with Gasteiger partial charge in [0.2, 0.25) is 0 Å². The van der Waals surface area contributed by atoms with E-state index in [4.69, 9.17) is 4.42 Å². The largest absolute Gasteiger partial charge is 0.456 e. The molecule has 0 aliphatic rings. The lowest BCUT2D eigenvalue weighted by molar-refractivity contribution is 0.669. The molecule has 0 saturated heterocycles. The van der Waals surface area contributed by atoms with E-state index in [9.17, 15) is 0 Å². The molecule has 4 aromatic carbocycles. The molecule has 0 bridgehead atoms. The van der Waals surface area contributed by atoms with Crippen molar-refractivity contribution < 1.29 is 4.42 Å². The second-order valence-corrected chi connectivity index (χ2v) is 6.68. The first-order chi connectivity index (χ1) is 12.9. The average Bonchev–Trinajstić information content (AvgIpc) is 3.26. The number of hydrogen-bond donors (Lipinski definition) is 1. The van der Waals surface area contributed by atoms with Crippen molar-refractivity contribution in [2.24, 2.45) is 0 Å². The highest BCUT2D eigenvalue weighted by Gasteiger charge is 2.15. The maximum absolute atomic E-state index is 6.09. The van der Waals surface area contributed by atoms with Gasteiger partial charge in [-0.1, -0.05) is 60.7 Å². The van der Waals surface area contributed by atoms with Gasteiger partial charge >= 0.3 is 0 Å². The fourth-order valence-electron chi connectivity index (χ4n) is 4.13. The van der Waals surface area contributed by atoms with E-state index in [0.717, 1.165) is 22.1 Å². The third kappa shape index (κ3) is 1.76. The maximum atomic E-state index is 6.09. The van der Waals surface area contributed by atoms with E-state index in [1.807, 2.05) is 18.2 Å². The number of furan rings is 1. The summed E-state index contributed by atoms with van der Waals surface area (Å²) in [6.45, 7) is 0. The van der Waals surface area contributed by atoms with Gasteiger partial charge in [0.05, 0.1) is 0 Å². The molecule has 0 aliphatic heterocycles. The summed E-state index contributed by atoms with van der Waals surface area (Å²) < 4.78 is 6.09. The fraction of sp³-hybridized carbons (Fsp3) is 0. The third-order valence-corrected chi connectivity index (χ3v) is 5.22. The minimum Gasteiger partial charge on any atom is -0.456 e. The van der Waals surface area contributed by atoms with Crippen LogP contribution in [0, 0.1) is 0 Å². The molecule has 0 radical (unpaired) electrons. The highest BCUT2D eigenvalue weighted by Crippen LogP contribution is 2.40. The van der Waals surface area contributed by atoms with Gasteiger partial charge in [-0.15, -0.1) is 0 Å². The Bertz CT molecular complexity index is 1320. The summed E-state index contributed by atoms with van der Waals surface area (Å²) in [6, 6.07) is 29.5. The van der Waals surface area contributed by atoms with Crippen molar-refractivity contribution in [3.05, 3.63) is 84.9 Å². The van der Waals surface area contributed by atoms with Gasteiger partial charge in [0.1, 0.15) is 11.2 Å². The Morgan fingerprint density at radius 2 is 1.15 bits per heavy atom. The van der Waals surface area contributed by atoms with Crippen LogP contribution in [0.25, 0.3) is 54.9 Å². The standard InChI is InChI=1S/C24H15NO/c1-3-11-19-17(7-1)23-15(9-5-12-20(23)25-19)16-10-6-14-22-24(16)18-8-2-4-13-21(18)26-22/h1-14,25H. The van der Waals surface area contributed by atoms with Crippen molar-refractivity contribution in [1.82, 2.24) is 4.98 Å². The zero-order chi connectivity index (χ0) is 17.1. The van der Waals surface area contributed by atoms with Crippen molar-refractivity contribution in [2.45, 2.75) is 0 Å². The number of nitrogens with one attached hydrogen (secondary N) is 1. The molecule has 2 nitrogen and oxygen atoms in total. The Balaban J connectivity index is 1.82. The Labute approximate surface area is 149 Å². The molecule has 2 heterocycles. The van der Waals surface area contributed by atoms with Gasteiger partial charge < -0.3 is 9.40 Å². The minimum atomic E-state index is 0.931. The molecule has 122 valence electrons. The molecule has 0 atom stereocenters. The number of rotatable bonds is 1. The van der Waals surface area contributed by atoms with Crippen LogP contribution in [-0.2, 0) is 0 Å². The lowest BCUT2D eigenvalue weighted by atomic mass is 9.95. The van der Waals surface area contributed by atoms with Crippen LogP contribution in [0.15, 0.2) is 89.3 Å². The van der Waals surface area contributed by atoms with Gasteiger partial charge in [0, 0.05) is 32.6 Å². The van der Waals surface area contributed by atoms with Crippen molar-refractivity contribution in [2.75, 3.05) is 0 Å². The van der Waals surface area contributed by atoms with Crippen LogP contribution in [0.5, 0.6) is 0 Å². The summed E-state index contributed by atoms with van der Waals surface area (Å²) in [4.78, 5) is 3.54. The van der Waals surface area contributed by atoms with Crippen molar-refractivity contribution in [3.8, 4) is 11.1 Å². The summed E-state index contributed by atoms with van der Waals surface area (Å²) in [5.41, 5.74) is 6.63. The van der Waals surface area contributed by atoms with Crippen molar-refractivity contribution >= 4 is 43.7 Å². The first-order valence-corrected chi connectivity index (χ1v) is 8.80. The molecule has 0 unspecified atom stereocenters. The summed E-state index contributed by atoms with van der Waals surface area (Å²) in [5, 5.41) is 4.86. The number of H-pyrrole nitrogens is 1. The summed E-state index contributed by atoms with van der Waals surface area (Å²) in [7, 11) is 0. The number of fused-ring (bicyclic) bond motifs is 6. The number of aromatic nitrogens is 1. The van der Waals surface area contributed by atoms with E-state index in [1.54, 1.807) is 0 Å². The highest BCUT2D eigenvalue weighted by atomic mass is 16.3. The molecular formula is C24H15NO. The van der Waals surface area contributed by atoms with Gasteiger partial charge in [-0.25, -0.2) is 0 Å². The quantitative estimate of drug-likeness (QED) is 0.349. The van der Waals surface area contributed by atoms with E-state index < -0.39 is 0 Å². The van der Waals surface area contributed by atoms with Crippen LogP contribution in [0.3, 0.4) is 0 Å². The van der Waals surface area contributed by atoms with Gasteiger partial charge in [-0.2, -0.15) is 0 Å². The minimum absolute atomic E-state index is 0.931. The second-order valence-electron chi connectivity index (χ2n) is 6.68. The fourth-order valence-corrected chi connectivity index (χ4v) is 4.13. The van der Waals surface area contributed by atoms with Crippen LogP contribution >= 0.6 is 0 Å². The topological polar surface area (TPSA) is 28.9 Å². The zero-order valence-electron chi connectivity index (χ0n) is 14.0. The molecular weight excluding hydrogens is 318 g/mol. The number of hydrogen-bond acceptors (Lipinski definition) is 1. The predicted octanol–water partition coefficient (Wildman–Crippen LogP) is 6.89. The Morgan fingerprint density at radius 3 is 2.08 bits per heavy atom. The third-order valence-electron chi connectivity index (χ3n) is 5.22. The molecule has 0 fully saturated rings. The van der Waals surface area contributed by atoms with E-state index in [0.29, 0.717) is 0 Å². The maximum Gasteiger partial charge on any atom is 0.136 e. The summed E-state index contributed by atoms with van der Waals surface area (Å²) >= 11 is 0. The Morgan fingerprint density at radius 1 is 0.500 bits per heavy atom. The van der Waals surface area contributed by atoms with Crippen LogP contribution in [0.1, 0.15) is 0 Å². The van der Waals surface area contributed by atoms with Crippen LogP contribution in [-0.4, -0.2) is 4.98 Å². The van der Waals surface area contributed by atoms with E-state index in [2.05, 4.69) is 71.7 Å². The summed E-state index contributed by atoms with van der Waals surface area (Å²) in [5.74, 6) is 0. The SMILES string of the molecule is c1ccc2c(c1)[nH]c1cccc(-c3cccc4oc5ccccc5c34)c12. The first-order valence-electron chi connectivity index (χ1n) is 8.80. The molecule has 2 aromatic heterocycles. The summed E-state index contributed by atoms with van der Waals surface area (Å²) in [6.07, 6.45) is 0. The number of para-hydroxylation sites is 2. The monoisotopic (exact) mass is 333 g/mol.